The van der Waals surface area contributed by atoms with Gasteiger partial charge in [-0.15, -0.1) is 0 Å². The minimum Gasteiger partial charge on any atom is -0.293 e. The van der Waals surface area contributed by atoms with E-state index in [4.69, 9.17) is 5.26 Å². The number of allylic oxidation sites excluding steroid dienone is 1. The van der Waals surface area contributed by atoms with Crippen molar-refractivity contribution in [2.24, 2.45) is 5.41 Å². The summed E-state index contributed by atoms with van der Waals surface area (Å²) in [6.07, 6.45) is 1.41. The molecule has 0 amide bonds. The lowest BCUT2D eigenvalue weighted by Gasteiger charge is -2.15. The van der Waals surface area contributed by atoms with E-state index in [1.54, 1.807) is 32.9 Å². The first-order valence-electron chi connectivity index (χ1n) is 7.03. The molecule has 5 nitrogen and oxygen atoms in total. The number of Topliss-reactive ketones (excluding diaryl/α,β-unsaturated/α-hetero) is 1. The van der Waals surface area contributed by atoms with E-state index in [2.05, 4.69) is 0 Å². The van der Waals surface area contributed by atoms with Crippen LogP contribution in [0.25, 0.3) is 6.08 Å². The summed E-state index contributed by atoms with van der Waals surface area (Å²) in [5, 5.41) is 20.3. The third-order valence-electron chi connectivity index (χ3n) is 3.23. The monoisotopic (exact) mass is 300 g/mol. The van der Waals surface area contributed by atoms with Crippen molar-refractivity contribution in [3.63, 3.8) is 0 Å². The summed E-state index contributed by atoms with van der Waals surface area (Å²) in [6.45, 7) is 8.93. The van der Waals surface area contributed by atoms with Crippen LogP contribution in [0.5, 0.6) is 0 Å². The highest BCUT2D eigenvalue weighted by Gasteiger charge is 2.25. The Labute approximate surface area is 130 Å². The van der Waals surface area contributed by atoms with Gasteiger partial charge in [-0.1, -0.05) is 46.8 Å². The molecule has 5 heteroatoms. The van der Waals surface area contributed by atoms with Gasteiger partial charge in [0.1, 0.15) is 6.07 Å². The van der Waals surface area contributed by atoms with Crippen LogP contribution in [0.3, 0.4) is 0 Å². The molecule has 22 heavy (non-hydrogen) atoms. The summed E-state index contributed by atoms with van der Waals surface area (Å²) in [5.74, 6) is -0.268. The normalized spacial score (nSPS) is 12.1. The molecule has 0 saturated heterocycles. The number of carbonyl (C=O) groups is 1. The molecule has 0 unspecified atom stereocenters. The molecule has 0 saturated carbocycles. The Morgan fingerprint density at radius 2 is 1.95 bits per heavy atom. The van der Waals surface area contributed by atoms with E-state index in [9.17, 15) is 14.9 Å². The lowest BCUT2D eigenvalue weighted by molar-refractivity contribution is -0.385. The van der Waals surface area contributed by atoms with E-state index in [0.29, 0.717) is 11.1 Å². The summed E-state index contributed by atoms with van der Waals surface area (Å²) < 4.78 is 0. The SMILES string of the molecule is CC(C)c1ccc(/C=C(\C#N)C(=O)C(C)(C)C)cc1[N+](=O)[O-]. The zero-order valence-electron chi connectivity index (χ0n) is 13.5. The fourth-order valence-electron chi connectivity index (χ4n) is 2.02. The van der Waals surface area contributed by atoms with Gasteiger partial charge in [-0.05, 0) is 17.6 Å². The number of carbonyl (C=O) groups excluding carboxylic acids is 1. The van der Waals surface area contributed by atoms with Crippen molar-refractivity contribution in [2.75, 3.05) is 0 Å². The first-order valence-corrected chi connectivity index (χ1v) is 7.03. The van der Waals surface area contributed by atoms with Crippen molar-refractivity contribution < 1.29 is 9.72 Å². The molecular weight excluding hydrogens is 280 g/mol. The topological polar surface area (TPSA) is 84.0 Å². The average Bonchev–Trinajstić information content (AvgIpc) is 2.42. The van der Waals surface area contributed by atoms with E-state index in [1.807, 2.05) is 19.9 Å². The molecule has 0 aliphatic heterocycles. The maximum absolute atomic E-state index is 12.2. The van der Waals surface area contributed by atoms with Crippen molar-refractivity contribution in [3.05, 3.63) is 45.0 Å². The van der Waals surface area contributed by atoms with Crippen molar-refractivity contribution >= 4 is 17.5 Å². The predicted molar refractivity (Wildman–Crippen MR) is 85.2 cm³/mol. The molecule has 0 N–H and O–H groups in total. The second-order valence-corrected chi connectivity index (χ2v) is 6.48. The summed E-state index contributed by atoms with van der Waals surface area (Å²) in [6, 6.07) is 6.65. The van der Waals surface area contributed by atoms with Crippen LogP contribution >= 0.6 is 0 Å². The highest BCUT2D eigenvalue weighted by atomic mass is 16.6. The Hall–Kier alpha value is -2.48. The van der Waals surface area contributed by atoms with E-state index < -0.39 is 10.3 Å². The highest BCUT2D eigenvalue weighted by molar-refractivity contribution is 6.06. The van der Waals surface area contributed by atoms with Gasteiger partial charge in [0.05, 0.1) is 10.5 Å². The quantitative estimate of drug-likeness (QED) is 0.360. The zero-order valence-corrected chi connectivity index (χ0v) is 13.5. The molecule has 0 aliphatic rings. The van der Waals surface area contributed by atoms with E-state index in [-0.39, 0.29) is 23.0 Å². The molecule has 0 radical (unpaired) electrons. The molecule has 0 spiro atoms. The Kier molecular flexibility index (Phi) is 5.21. The van der Waals surface area contributed by atoms with Crippen LogP contribution in [0, 0.1) is 26.9 Å². The van der Waals surface area contributed by atoms with Crippen LogP contribution in [0.2, 0.25) is 0 Å². The van der Waals surface area contributed by atoms with Crippen molar-refractivity contribution in [3.8, 4) is 6.07 Å². The molecule has 1 rings (SSSR count). The van der Waals surface area contributed by atoms with E-state index in [1.165, 1.54) is 12.1 Å². The van der Waals surface area contributed by atoms with Crippen LogP contribution in [0.4, 0.5) is 5.69 Å². The molecule has 1 aromatic rings. The predicted octanol–water partition coefficient (Wildman–Crippen LogP) is 4.24. The second kappa shape index (κ2) is 6.52. The fourth-order valence-corrected chi connectivity index (χ4v) is 2.02. The third-order valence-corrected chi connectivity index (χ3v) is 3.23. The van der Waals surface area contributed by atoms with Crippen LogP contribution in [0.15, 0.2) is 23.8 Å². The van der Waals surface area contributed by atoms with Crippen molar-refractivity contribution in [2.45, 2.75) is 40.5 Å². The molecule has 0 atom stereocenters. The lowest BCUT2D eigenvalue weighted by Crippen LogP contribution is -2.21. The Morgan fingerprint density at radius 3 is 2.36 bits per heavy atom. The van der Waals surface area contributed by atoms with Crippen LogP contribution in [-0.4, -0.2) is 10.7 Å². The zero-order chi connectivity index (χ0) is 17.1. The molecular formula is C17H20N2O3. The summed E-state index contributed by atoms with van der Waals surface area (Å²) in [4.78, 5) is 22.9. The molecule has 0 heterocycles. The number of nitrogens with zero attached hydrogens (tertiary/aromatic N) is 2. The number of nitriles is 1. The molecule has 0 fully saturated rings. The minimum atomic E-state index is -0.675. The Balaban J connectivity index is 3.37. The van der Waals surface area contributed by atoms with Crippen LogP contribution in [0.1, 0.15) is 51.7 Å². The standard InChI is InChI=1S/C17H20N2O3/c1-11(2)14-7-6-12(9-15(14)19(21)22)8-13(10-18)16(20)17(3,4)5/h6-9,11H,1-5H3/b13-8+. The summed E-state index contributed by atoms with van der Waals surface area (Å²) in [7, 11) is 0. The number of nitro benzene ring substituents is 1. The Bertz CT molecular complexity index is 674. The van der Waals surface area contributed by atoms with Gasteiger partial charge in [0.25, 0.3) is 5.69 Å². The first-order chi connectivity index (χ1) is 10.1. The average molecular weight is 300 g/mol. The largest absolute Gasteiger partial charge is 0.293 e. The smallest absolute Gasteiger partial charge is 0.273 e. The highest BCUT2D eigenvalue weighted by Crippen LogP contribution is 2.29. The maximum Gasteiger partial charge on any atom is 0.273 e. The molecule has 116 valence electrons. The van der Waals surface area contributed by atoms with Gasteiger partial charge in [0.2, 0.25) is 0 Å². The molecule has 0 bridgehead atoms. The number of benzene rings is 1. The first kappa shape index (κ1) is 17.6. The minimum absolute atomic E-state index is 0.000838. The van der Waals surface area contributed by atoms with Gasteiger partial charge >= 0.3 is 0 Å². The molecule has 0 aliphatic carbocycles. The van der Waals surface area contributed by atoms with Gasteiger partial charge < -0.3 is 0 Å². The lowest BCUT2D eigenvalue weighted by atomic mass is 9.86. The summed E-state index contributed by atoms with van der Waals surface area (Å²) >= 11 is 0. The molecule has 0 aromatic heterocycles. The number of nitro groups is 1. The van der Waals surface area contributed by atoms with Crippen LogP contribution < -0.4 is 0 Å². The van der Waals surface area contributed by atoms with Gasteiger partial charge in [-0.25, -0.2) is 0 Å². The van der Waals surface area contributed by atoms with Gasteiger partial charge in [-0.2, -0.15) is 5.26 Å². The fraction of sp³-hybridized carbons (Fsp3) is 0.412. The van der Waals surface area contributed by atoms with Gasteiger partial charge in [0, 0.05) is 17.0 Å². The van der Waals surface area contributed by atoms with Gasteiger partial charge in [-0.3, -0.25) is 14.9 Å². The van der Waals surface area contributed by atoms with Gasteiger partial charge in [0.15, 0.2) is 5.78 Å². The molecule has 1 aromatic carbocycles. The van der Waals surface area contributed by atoms with Crippen molar-refractivity contribution in [1.82, 2.24) is 0 Å². The Morgan fingerprint density at radius 1 is 1.36 bits per heavy atom. The van der Waals surface area contributed by atoms with E-state index in [0.717, 1.165) is 0 Å². The van der Waals surface area contributed by atoms with Crippen LogP contribution in [-0.2, 0) is 4.79 Å². The number of hydrogen-bond donors (Lipinski definition) is 0. The number of hydrogen-bond acceptors (Lipinski definition) is 4. The van der Waals surface area contributed by atoms with Crippen molar-refractivity contribution in [1.29, 1.82) is 5.26 Å². The second-order valence-electron chi connectivity index (χ2n) is 6.48. The summed E-state index contributed by atoms with van der Waals surface area (Å²) in [5.41, 5.74) is 0.433. The number of rotatable bonds is 4. The third kappa shape index (κ3) is 4.01. The van der Waals surface area contributed by atoms with E-state index >= 15 is 0 Å². The number of ketones is 1. The maximum atomic E-state index is 12.2.